The number of carbonyl (C=O) groups is 3. The van der Waals surface area contributed by atoms with Crippen molar-refractivity contribution in [1.29, 1.82) is 0 Å². The maximum absolute atomic E-state index is 12.3. The van der Waals surface area contributed by atoms with Gasteiger partial charge in [0.2, 0.25) is 0 Å². The molecule has 0 saturated heterocycles. The molecule has 0 aliphatic rings. The molecule has 0 fully saturated rings. The molecule has 0 spiro atoms. The number of benzene rings is 2. The SMILES string of the molecule is COC(=O)CCCC=C(c1cc(Cl)c(C)c(C(=O)OC)c1)c1cc(Cl)c(C)c(C(=O)OC)c1. The second-order valence-corrected chi connectivity index (χ2v) is 8.14. The lowest BCUT2D eigenvalue weighted by Gasteiger charge is -2.16. The van der Waals surface area contributed by atoms with E-state index in [9.17, 15) is 14.4 Å². The van der Waals surface area contributed by atoms with Crippen LogP contribution in [0.1, 0.15) is 62.2 Å². The van der Waals surface area contributed by atoms with Gasteiger partial charge in [0.25, 0.3) is 0 Å². The summed E-state index contributed by atoms with van der Waals surface area (Å²) >= 11 is 12.9. The van der Waals surface area contributed by atoms with E-state index in [1.54, 1.807) is 38.1 Å². The largest absolute Gasteiger partial charge is 0.469 e. The third kappa shape index (κ3) is 6.36. The van der Waals surface area contributed by atoms with Crippen molar-refractivity contribution < 1.29 is 28.6 Å². The van der Waals surface area contributed by atoms with E-state index >= 15 is 0 Å². The van der Waals surface area contributed by atoms with Gasteiger partial charge in [-0.3, -0.25) is 4.79 Å². The van der Waals surface area contributed by atoms with Crippen LogP contribution in [-0.2, 0) is 19.0 Å². The molecule has 2 aromatic rings. The molecule has 0 saturated carbocycles. The molecular weight excluding hydrogens is 467 g/mol. The molecule has 2 aromatic carbocycles. The second kappa shape index (κ2) is 11.9. The number of ether oxygens (including phenoxy) is 3. The highest BCUT2D eigenvalue weighted by Crippen LogP contribution is 2.34. The fraction of sp³-hybridized carbons (Fsp3) is 0.320. The number of hydrogen-bond donors (Lipinski definition) is 0. The van der Waals surface area contributed by atoms with Crippen molar-refractivity contribution in [1.82, 2.24) is 0 Å². The lowest BCUT2D eigenvalue weighted by atomic mass is 9.91. The van der Waals surface area contributed by atoms with Crippen LogP contribution in [0.4, 0.5) is 0 Å². The molecule has 0 aromatic heterocycles. The summed E-state index contributed by atoms with van der Waals surface area (Å²) in [4.78, 5) is 36.1. The van der Waals surface area contributed by atoms with Crippen LogP contribution in [0.5, 0.6) is 0 Å². The van der Waals surface area contributed by atoms with Crippen LogP contribution in [0.15, 0.2) is 30.3 Å². The van der Waals surface area contributed by atoms with Crippen molar-refractivity contribution in [2.24, 2.45) is 0 Å². The zero-order valence-electron chi connectivity index (χ0n) is 19.2. The lowest BCUT2D eigenvalue weighted by Crippen LogP contribution is -2.07. The summed E-state index contributed by atoms with van der Waals surface area (Å²) in [6.07, 6.45) is 3.24. The summed E-state index contributed by atoms with van der Waals surface area (Å²) in [6.45, 7) is 3.46. The van der Waals surface area contributed by atoms with Gasteiger partial charge in [-0.25, -0.2) is 9.59 Å². The number of allylic oxidation sites excluding steroid dienone is 1. The van der Waals surface area contributed by atoms with E-state index in [4.69, 9.17) is 37.4 Å². The highest BCUT2D eigenvalue weighted by molar-refractivity contribution is 6.32. The Morgan fingerprint density at radius 2 is 1.24 bits per heavy atom. The van der Waals surface area contributed by atoms with E-state index in [1.165, 1.54) is 21.3 Å². The summed E-state index contributed by atoms with van der Waals surface area (Å²) in [6, 6.07) is 6.84. The van der Waals surface area contributed by atoms with Gasteiger partial charge in [0.05, 0.1) is 32.5 Å². The van der Waals surface area contributed by atoms with Crippen LogP contribution in [0.2, 0.25) is 10.0 Å². The van der Waals surface area contributed by atoms with Crippen molar-refractivity contribution in [3.63, 3.8) is 0 Å². The first kappa shape index (κ1) is 26.4. The molecule has 0 unspecified atom stereocenters. The zero-order valence-corrected chi connectivity index (χ0v) is 20.7. The predicted molar refractivity (Wildman–Crippen MR) is 128 cm³/mol. The molecule has 176 valence electrons. The summed E-state index contributed by atoms with van der Waals surface area (Å²) < 4.78 is 14.5. The number of hydrogen-bond acceptors (Lipinski definition) is 6. The van der Waals surface area contributed by atoms with E-state index < -0.39 is 11.9 Å². The van der Waals surface area contributed by atoms with Crippen LogP contribution in [-0.4, -0.2) is 39.2 Å². The molecule has 0 amide bonds. The fourth-order valence-corrected chi connectivity index (χ4v) is 3.75. The van der Waals surface area contributed by atoms with Crippen LogP contribution >= 0.6 is 23.2 Å². The first-order valence-corrected chi connectivity index (χ1v) is 10.9. The highest BCUT2D eigenvalue weighted by Gasteiger charge is 2.19. The highest BCUT2D eigenvalue weighted by atomic mass is 35.5. The number of carbonyl (C=O) groups excluding carboxylic acids is 3. The minimum Gasteiger partial charge on any atom is -0.469 e. The van der Waals surface area contributed by atoms with Crippen molar-refractivity contribution >= 4 is 46.7 Å². The van der Waals surface area contributed by atoms with E-state index in [-0.39, 0.29) is 12.4 Å². The van der Waals surface area contributed by atoms with Gasteiger partial charge in [-0.05, 0) is 78.8 Å². The average Bonchev–Trinajstić information content (AvgIpc) is 2.81. The summed E-state index contributed by atoms with van der Waals surface area (Å²) in [5.74, 6) is -1.33. The molecule has 0 atom stereocenters. The Morgan fingerprint density at radius 3 is 1.64 bits per heavy atom. The Morgan fingerprint density at radius 1 is 0.788 bits per heavy atom. The number of esters is 3. The Hall–Kier alpha value is -2.83. The van der Waals surface area contributed by atoms with Crippen molar-refractivity contribution in [3.8, 4) is 0 Å². The number of unbranched alkanes of at least 4 members (excludes halogenated alkanes) is 1. The van der Waals surface area contributed by atoms with Gasteiger partial charge in [-0.15, -0.1) is 0 Å². The fourth-order valence-electron chi connectivity index (χ4n) is 3.31. The zero-order chi connectivity index (χ0) is 24.7. The minimum atomic E-state index is -0.515. The molecule has 33 heavy (non-hydrogen) atoms. The molecular formula is C25H26Cl2O6. The van der Waals surface area contributed by atoms with E-state index in [0.717, 1.165) is 0 Å². The minimum absolute atomic E-state index is 0.254. The summed E-state index contributed by atoms with van der Waals surface area (Å²) in [7, 11) is 3.94. The Balaban J connectivity index is 2.67. The average molecular weight is 493 g/mol. The number of halogens is 2. The van der Waals surface area contributed by atoms with Crippen molar-refractivity contribution in [2.45, 2.75) is 33.1 Å². The van der Waals surface area contributed by atoms with Crippen LogP contribution in [0.3, 0.4) is 0 Å². The second-order valence-electron chi connectivity index (χ2n) is 7.33. The molecule has 8 heteroatoms. The van der Waals surface area contributed by atoms with Crippen molar-refractivity contribution in [3.05, 3.63) is 73.8 Å². The molecule has 6 nitrogen and oxygen atoms in total. The van der Waals surface area contributed by atoms with Gasteiger partial charge in [-0.2, -0.15) is 0 Å². The van der Waals surface area contributed by atoms with Crippen LogP contribution in [0, 0.1) is 13.8 Å². The maximum atomic E-state index is 12.3. The summed E-state index contributed by atoms with van der Waals surface area (Å²) in [5, 5.41) is 0.777. The van der Waals surface area contributed by atoms with E-state index in [0.29, 0.717) is 61.8 Å². The topological polar surface area (TPSA) is 78.9 Å². The molecule has 0 aliphatic heterocycles. The lowest BCUT2D eigenvalue weighted by molar-refractivity contribution is -0.140. The Kier molecular flexibility index (Phi) is 9.50. The van der Waals surface area contributed by atoms with E-state index in [1.807, 2.05) is 6.08 Å². The first-order chi connectivity index (χ1) is 15.6. The van der Waals surface area contributed by atoms with Gasteiger partial charge in [0.15, 0.2) is 0 Å². The van der Waals surface area contributed by atoms with Gasteiger partial charge >= 0.3 is 17.9 Å². The van der Waals surface area contributed by atoms with Crippen molar-refractivity contribution in [2.75, 3.05) is 21.3 Å². The van der Waals surface area contributed by atoms with Gasteiger partial charge in [-0.1, -0.05) is 29.3 Å². The molecule has 0 radical (unpaired) electrons. The number of methoxy groups -OCH3 is 3. The van der Waals surface area contributed by atoms with Gasteiger partial charge in [0.1, 0.15) is 0 Å². The quantitative estimate of drug-likeness (QED) is 0.257. The normalized spacial score (nSPS) is 10.4. The van der Waals surface area contributed by atoms with Crippen LogP contribution in [0.25, 0.3) is 5.57 Å². The predicted octanol–water partition coefficient (Wildman–Crippen LogP) is 5.96. The molecule has 0 N–H and O–H groups in total. The first-order valence-electron chi connectivity index (χ1n) is 10.2. The Labute approximate surface area is 203 Å². The smallest absolute Gasteiger partial charge is 0.338 e. The van der Waals surface area contributed by atoms with E-state index in [2.05, 4.69) is 0 Å². The molecule has 0 aliphatic carbocycles. The molecule has 2 rings (SSSR count). The number of rotatable bonds is 8. The standard InChI is InChI=1S/C25H26Cl2O6/c1-14-19(24(29)32-4)10-16(12-21(14)26)18(8-6-7-9-23(28)31-3)17-11-20(25(30)33-5)15(2)22(27)13-17/h8,10-13H,6-7,9H2,1-5H3. The van der Waals surface area contributed by atoms with Crippen LogP contribution < -0.4 is 0 Å². The third-order valence-corrected chi connectivity index (χ3v) is 6.07. The molecule has 0 heterocycles. The third-order valence-electron chi connectivity index (χ3n) is 5.28. The maximum Gasteiger partial charge on any atom is 0.338 e. The summed E-state index contributed by atoms with van der Waals surface area (Å²) in [5.41, 5.74) is 3.81. The Bertz CT molecular complexity index is 1030. The van der Waals surface area contributed by atoms with Gasteiger partial charge in [0, 0.05) is 16.5 Å². The monoisotopic (exact) mass is 492 g/mol. The molecule has 0 bridgehead atoms. The van der Waals surface area contributed by atoms with Gasteiger partial charge < -0.3 is 14.2 Å².